The molecular weight excluding hydrogens is 259 g/mol. The Morgan fingerprint density at radius 1 is 1.42 bits per heavy atom. The molecule has 1 aromatic carbocycles. The molecule has 2 atom stereocenters. The van der Waals surface area contributed by atoms with Crippen molar-refractivity contribution in [3.05, 3.63) is 52.2 Å². The van der Waals surface area contributed by atoms with E-state index in [-0.39, 0.29) is 11.9 Å². The molecule has 4 heteroatoms. The lowest BCUT2D eigenvalue weighted by atomic mass is 10.0. The van der Waals surface area contributed by atoms with Gasteiger partial charge in [-0.25, -0.2) is 9.37 Å². The molecule has 2 rings (SSSR count). The van der Waals surface area contributed by atoms with Crippen LogP contribution in [0.4, 0.5) is 4.39 Å². The Balaban J connectivity index is 1.96. The van der Waals surface area contributed by atoms with Crippen molar-refractivity contribution in [1.82, 2.24) is 10.3 Å². The maximum absolute atomic E-state index is 13.2. The van der Waals surface area contributed by atoms with Crippen LogP contribution in [0, 0.1) is 5.82 Å². The molecule has 102 valence electrons. The van der Waals surface area contributed by atoms with Gasteiger partial charge in [0.25, 0.3) is 0 Å². The smallest absolute Gasteiger partial charge is 0.123 e. The number of benzene rings is 1. The molecular formula is C15H19FN2S. The summed E-state index contributed by atoms with van der Waals surface area (Å²) in [5.74, 6) is 0.202. The van der Waals surface area contributed by atoms with E-state index in [4.69, 9.17) is 0 Å². The van der Waals surface area contributed by atoms with E-state index in [1.807, 2.05) is 17.6 Å². The maximum atomic E-state index is 13.2. The van der Waals surface area contributed by atoms with E-state index >= 15 is 0 Å². The fourth-order valence-corrected chi connectivity index (χ4v) is 2.80. The Morgan fingerprint density at radius 3 is 2.89 bits per heavy atom. The van der Waals surface area contributed by atoms with Crippen LogP contribution < -0.4 is 5.32 Å². The van der Waals surface area contributed by atoms with Crippen LogP contribution in [0.25, 0.3) is 0 Å². The van der Waals surface area contributed by atoms with Crippen molar-refractivity contribution in [3.8, 4) is 0 Å². The van der Waals surface area contributed by atoms with Crippen LogP contribution in [0.5, 0.6) is 0 Å². The van der Waals surface area contributed by atoms with Crippen LogP contribution in [-0.2, 0) is 0 Å². The molecule has 0 bridgehead atoms. The third-order valence-electron chi connectivity index (χ3n) is 3.20. The topological polar surface area (TPSA) is 24.9 Å². The summed E-state index contributed by atoms with van der Waals surface area (Å²) in [7, 11) is 0. The van der Waals surface area contributed by atoms with Crippen molar-refractivity contribution in [2.24, 2.45) is 0 Å². The van der Waals surface area contributed by atoms with Gasteiger partial charge in [0.15, 0.2) is 0 Å². The van der Waals surface area contributed by atoms with Gasteiger partial charge >= 0.3 is 0 Å². The predicted molar refractivity (Wildman–Crippen MR) is 78.0 cm³/mol. The SMILES string of the molecule is CCC(NCC(C)c1nccs1)c1cccc(F)c1. The third-order valence-corrected chi connectivity index (χ3v) is 4.21. The van der Waals surface area contributed by atoms with E-state index in [1.165, 1.54) is 6.07 Å². The zero-order valence-electron chi connectivity index (χ0n) is 11.3. The summed E-state index contributed by atoms with van der Waals surface area (Å²) in [6.45, 7) is 5.11. The second kappa shape index (κ2) is 6.78. The first kappa shape index (κ1) is 14.2. The molecule has 0 amide bonds. The van der Waals surface area contributed by atoms with Crippen molar-refractivity contribution in [1.29, 1.82) is 0 Å². The summed E-state index contributed by atoms with van der Waals surface area (Å²) in [6, 6.07) is 7.01. The van der Waals surface area contributed by atoms with Crippen molar-refractivity contribution in [2.45, 2.75) is 32.2 Å². The quantitative estimate of drug-likeness (QED) is 0.859. The number of aromatic nitrogens is 1. The first-order valence-corrected chi connectivity index (χ1v) is 7.47. The monoisotopic (exact) mass is 278 g/mol. The van der Waals surface area contributed by atoms with E-state index in [0.29, 0.717) is 5.92 Å². The van der Waals surface area contributed by atoms with Crippen molar-refractivity contribution in [3.63, 3.8) is 0 Å². The molecule has 1 aromatic heterocycles. The Labute approximate surface area is 117 Å². The van der Waals surface area contributed by atoms with Gasteiger partial charge in [-0.05, 0) is 24.1 Å². The van der Waals surface area contributed by atoms with Gasteiger partial charge in [-0.1, -0.05) is 26.0 Å². The lowest BCUT2D eigenvalue weighted by Gasteiger charge is -2.19. The minimum absolute atomic E-state index is 0.175. The zero-order valence-corrected chi connectivity index (χ0v) is 12.1. The molecule has 2 aromatic rings. The van der Waals surface area contributed by atoms with Crippen LogP contribution in [0.1, 0.15) is 42.8 Å². The molecule has 0 aliphatic carbocycles. The number of hydrogen-bond acceptors (Lipinski definition) is 3. The zero-order chi connectivity index (χ0) is 13.7. The number of rotatable bonds is 6. The van der Waals surface area contributed by atoms with E-state index in [2.05, 4.69) is 24.1 Å². The van der Waals surface area contributed by atoms with Gasteiger partial charge in [0.2, 0.25) is 0 Å². The van der Waals surface area contributed by atoms with Crippen LogP contribution in [0.15, 0.2) is 35.8 Å². The molecule has 0 radical (unpaired) electrons. The Hall–Kier alpha value is -1.26. The predicted octanol–water partition coefficient (Wildman–Crippen LogP) is 4.13. The summed E-state index contributed by atoms with van der Waals surface area (Å²) in [6.07, 6.45) is 2.77. The second-order valence-electron chi connectivity index (χ2n) is 4.70. The van der Waals surface area contributed by atoms with E-state index in [0.717, 1.165) is 23.5 Å². The number of nitrogens with zero attached hydrogens (tertiary/aromatic N) is 1. The molecule has 0 spiro atoms. The maximum Gasteiger partial charge on any atom is 0.123 e. The van der Waals surface area contributed by atoms with Gasteiger partial charge in [0.1, 0.15) is 5.82 Å². The molecule has 0 saturated carbocycles. The fourth-order valence-electron chi connectivity index (χ4n) is 2.11. The Bertz CT molecular complexity index is 499. The number of thiazole rings is 1. The summed E-state index contributed by atoms with van der Waals surface area (Å²) in [5, 5.41) is 6.64. The van der Waals surface area contributed by atoms with Crippen molar-refractivity contribution < 1.29 is 4.39 Å². The molecule has 2 nitrogen and oxygen atoms in total. The normalized spacial score (nSPS) is 14.3. The Morgan fingerprint density at radius 2 is 2.26 bits per heavy atom. The summed E-state index contributed by atoms with van der Waals surface area (Å²) >= 11 is 1.68. The number of hydrogen-bond donors (Lipinski definition) is 1. The highest BCUT2D eigenvalue weighted by Crippen LogP contribution is 2.21. The molecule has 0 fully saturated rings. The third kappa shape index (κ3) is 3.85. The lowest BCUT2D eigenvalue weighted by Crippen LogP contribution is -2.25. The summed E-state index contributed by atoms with van der Waals surface area (Å²) in [4.78, 5) is 4.33. The first-order chi connectivity index (χ1) is 9.20. The highest BCUT2D eigenvalue weighted by molar-refractivity contribution is 7.09. The van der Waals surface area contributed by atoms with Crippen molar-refractivity contribution >= 4 is 11.3 Å². The van der Waals surface area contributed by atoms with Gasteiger partial charge in [0.05, 0.1) is 5.01 Å². The molecule has 1 N–H and O–H groups in total. The number of halogens is 1. The van der Waals surface area contributed by atoms with Gasteiger partial charge in [-0.3, -0.25) is 0 Å². The lowest BCUT2D eigenvalue weighted by molar-refractivity contribution is 0.491. The van der Waals surface area contributed by atoms with Crippen molar-refractivity contribution in [2.75, 3.05) is 6.54 Å². The van der Waals surface area contributed by atoms with Gasteiger partial charge in [-0.15, -0.1) is 11.3 Å². The minimum Gasteiger partial charge on any atom is -0.309 e. The number of nitrogens with one attached hydrogen (secondary N) is 1. The molecule has 19 heavy (non-hydrogen) atoms. The average Bonchev–Trinajstić information content (AvgIpc) is 2.93. The van der Waals surface area contributed by atoms with Gasteiger partial charge < -0.3 is 5.32 Å². The first-order valence-electron chi connectivity index (χ1n) is 6.59. The molecule has 0 saturated heterocycles. The van der Waals surface area contributed by atoms with E-state index < -0.39 is 0 Å². The van der Waals surface area contributed by atoms with Crippen LogP contribution >= 0.6 is 11.3 Å². The summed E-state index contributed by atoms with van der Waals surface area (Å²) < 4.78 is 13.2. The van der Waals surface area contributed by atoms with Crippen LogP contribution in [0.3, 0.4) is 0 Å². The Kier molecular flexibility index (Phi) is 5.05. The highest BCUT2D eigenvalue weighted by atomic mass is 32.1. The van der Waals surface area contributed by atoms with Gasteiger partial charge in [-0.2, -0.15) is 0 Å². The molecule has 0 aliphatic rings. The molecule has 2 unspecified atom stereocenters. The fraction of sp³-hybridized carbons (Fsp3) is 0.400. The standard InChI is InChI=1S/C15H19FN2S/c1-3-14(12-5-4-6-13(16)9-12)18-10-11(2)15-17-7-8-19-15/h4-9,11,14,18H,3,10H2,1-2H3. The molecule has 1 heterocycles. The highest BCUT2D eigenvalue weighted by Gasteiger charge is 2.13. The van der Waals surface area contributed by atoms with Gasteiger partial charge in [0, 0.05) is 30.1 Å². The van der Waals surface area contributed by atoms with Crippen LogP contribution in [-0.4, -0.2) is 11.5 Å². The van der Waals surface area contributed by atoms with E-state index in [9.17, 15) is 4.39 Å². The average molecular weight is 278 g/mol. The largest absolute Gasteiger partial charge is 0.309 e. The van der Waals surface area contributed by atoms with E-state index in [1.54, 1.807) is 23.5 Å². The molecule has 0 aliphatic heterocycles. The second-order valence-corrected chi connectivity index (χ2v) is 5.62. The minimum atomic E-state index is -0.175. The van der Waals surface area contributed by atoms with Crippen LogP contribution in [0.2, 0.25) is 0 Å². The summed E-state index contributed by atoms with van der Waals surface area (Å²) in [5.41, 5.74) is 1.01.